The number of hydrogen-bond acceptors (Lipinski definition) is 2. The number of nitrogen functional groups attached to an aromatic ring is 1. The Morgan fingerprint density at radius 3 is 2.65 bits per heavy atom. The van der Waals surface area contributed by atoms with Crippen molar-refractivity contribution in [3.8, 4) is 0 Å². The maximum atomic E-state index is 5.77. The van der Waals surface area contributed by atoms with Gasteiger partial charge in [0.1, 0.15) is 0 Å². The highest BCUT2D eigenvalue weighted by Crippen LogP contribution is 2.32. The standard InChI is InChI=1S/C14H21BrN2/c1-2-3-11-6-8-17(9-7-11)14-5-4-12(16)10-13(14)15/h4-5,10-11H,2-3,6-9,16H2,1H3. The van der Waals surface area contributed by atoms with Gasteiger partial charge in [-0.15, -0.1) is 0 Å². The van der Waals surface area contributed by atoms with Crippen molar-refractivity contribution in [2.24, 2.45) is 5.92 Å². The Morgan fingerprint density at radius 2 is 2.06 bits per heavy atom. The third-order valence-electron chi connectivity index (χ3n) is 3.62. The van der Waals surface area contributed by atoms with Crippen LogP contribution in [0.5, 0.6) is 0 Å². The fourth-order valence-electron chi connectivity index (χ4n) is 2.65. The first kappa shape index (κ1) is 12.7. The molecule has 0 atom stereocenters. The van der Waals surface area contributed by atoms with Gasteiger partial charge in [-0.1, -0.05) is 19.8 Å². The second-order valence-electron chi connectivity index (χ2n) is 4.93. The second kappa shape index (κ2) is 5.76. The first-order valence-corrected chi connectivity index (χ1v) is 7.30. The van der Waals surface area contributed by atoms with Crippen LogP contribution in [0.15, 0.2) is 22.7 Å². The lowest BCUT2D eigenvalue weighted by Gasteiger charge is -2.34. The SMILES string of the molecule is CCCC1CCN(c2ccc(N)cc2Br)CC1. The largest absolute Gasteiger partial charge is 0.399 e. The summed E-state index contributed by atoms with van der Waals surface area (Å²) in [7, 11) is 0. The topological polar surface area (TPSA) is 29.3 Å². The molecule has 1 aromatic rings. The summed E-state index contributed by atoms with van der Waals surface area (Å²) in [5.41, 5.74) is 7.88. The van der Waals surface area contributed by atoms with Crippen LogP contribution in [0.2, 0.25) is 0 Å². The predicted octanol–water partition coefficient (Wildman–Crippen LogP) is 4.05. The Labute approximate surface area is 112 Å². The van der Waals surface area contributed by atoms with E-state index in [9.17, 15) is 0 Å². The Morgan fingerprint density at radius 1 is 1.35 bits per heavy atom. The smallest absolute Gasteiger partial charge is 0.0512 e. The molecule has 2 nitrogen and oxygen atoms in total. The third-order valence-corrected chi connectivity index (χ3v) is 4.26. The van der Waals surface area contributed by atoms with Gasteiger partial charge in [-0.05, 0) is 52.9 Å². The van der Waals surface area contributed by atoms with Crippen LogP contribution in [-0.4, -0.2) is 13.1 Å². The molecular weight excluding hydrogens is 276 g/mol. The van der Waals surface area contributed by atoms with E-state index in [4.69, 9.17) is 5.73 Å². The normalized spacial score (nSPS) is 17.4. The van der Waals surface area contributed by atoms with Crippen LogP contribution in [0.4, 0.5) is 11.4 Å². The molecule has 94 valence electrons. The van der Waals surface area contributed by atoms with Crippen molar-refractivity contribution in [3.05, 3.63) is 22.7 Å². The van der Waals surface area contributed by atoms with Gasteiger partial charge in [0.2, 0.25) is 0 Å². The molecule has 0 spiro atoms. The quantitative estimate of drug-likeness (QED) is 0.853. The van der Waals surface area contributed by atoms with E-state index < -0.39 is 0 Å². The molecular formula is C14H21BrN2. The number of hydrogen-bond donors (Lipinski definition) is 1. The second-order valence-corrected chi connectivity index (χ2v) is 5.78. The number of nitrogens with two attached hydrogens (primary N) is 1. The van der Waals surface area contributed by atoms with Gasteiger partial charge in [0.25, 0.3) is 0 Å². The molecule has 1 saturated heterocycles. The van der Waals surface area contributed by atoms with Crippen LogP contribution in [0.25, 0.3) is 0 Å². The van der Waals surface area contributed by atoms with E-state index in [-0.39, 0.29) is 0 Å². The van der Waals surface area contributed by atoms with E-state index in [1.54, 1.807) is 0 Å². The van der Waals surface area contributed by atoms with Gasteiger partial charge < -0.3 is 10.6 Å². The summed E-state index contributed by atoms with van der Waals surface area (Å²) in [5.74, 6) is 0.934. The zero-order chi connectivity index (χ0) is 12.3. The first-order valence-electron chi connectivity index (χ1n) is 6.50. The zero-order valence-corrected chi connectivity index (χ0v) is 12.0. The van der Waals surface area contributed by atoms with Crippen LogP contribution in [0.3, 0.4) is 0 Å². The Bertz CT molecular complexity index is 370. The summed E-state index contributed by atoms with van der Waals surface area (Å²) in [6.07, 6.45) is 5.35. The highest BCUT2D eigenvalue weighted by Gasteiger charge is 2.19. The average molecular weight is 297 g/mol. The molecule has 0 bridgehead atoms. The Balaban J connectivity index is 2.00. The van der Waals surface area contributed by atoms with Crippen LogP contribution in [0.1, 0.15) is 32.6 Å². The Hall–Kier alpha value is -0.700. The molecule has 2 rings (SSSR count). The summed E-state index contributed by atoms with van der Waals surface area (Å²) >= 11 is 3.61. The van der Waals surface area contributed by atoms with Crippen LogP contribution in [0, 0.1) is 5.92 Å². The minimum Gasteiger partial charge on any atom is -0.399 e. The molecule has 0 aliphatic carbocycles. The van der Waals surface area contributed by atoms with Gasteiger partial charge >= 0.3 is 0 Å². The zero-order valence-electron chi connectivity index (χ0n) is 10.5. The van der Waals surface area contributed by atoms with Crippen molar-refractivity contribution in [3.63, 3.8) is 0 Å². The van der Waals surface area contributed by atoms with Gasteiger partial charge in [0.05, 0.1) is 5.69 Å². The lowest BCUT2D eigenvalue weighted by Crippen LogP contribution is -2.33. The predicted molar refractivity (Wildman–Crippen MR) is 78.4 cm³/mol. The molecule has 0 aromatic heterocycles. The lowest BCUT2D eigenvalue weighted by atomic mass is 9.92. The summed E-state index contributed by atoms with van der Waals surface area (Å²) < 4.78 is 1.12. The summed E-state index contributed by atoms with van der Waals surface area (Å²) in [4.78, 5) is 2.47. The maximum absolute atomic E-state index is 5.77. The number of anilines is 2. The monoisotopic (exact) mass is 296 g/mol. The minimum atomic E-state index is 0.821. The van der Waals surface area contributed by atoms with E-state index >= 15 is 0 Å². The molecule has 17 heavy (non-hydrogen) atoms. The molecule has 2 N–H and O–H groups in total. The van der Waals surface area contributed by atoms with E-state index in [0.717, 1.165) is 16.1 Å². The van der Waals surface area contributed by atoms with E-state index in [0.29, 0.717) is 0 Å². The van der Waals surface area contributed by atoms with Crippen molar-refractivity contribution in [1.29, 1.82) is 0 Å². The van der Waals surface area contributed by atoms with Gasteiger partial charge in [-0.3, -0.25) is 0 Å². The molecule has 0 radical (unpaired) electrons. The molecule has 1 heterocycles. The van der Waals surface area contributed by atoms with Crippen molar-refractivity contribution in [2.45, 2.75) is 32.6 Å². The van der Waals surface area contributed by atoms with Crippen molar-refractivity contribution < 1.29 is 0 Å². The fourth-order valence-corrected chi connectivity index (χ4v) is 3.30. The molecule has 1 aliphatic heterocycles. The van der Waals surface area contributed by atoms with E-state index in [1.807, 2.05) is 12.1 Å². The molecule has 1 fully saturated rings. The van der Waals surface area contributed by atoms with Crippen molar-refractivity contribution in [1.82, 2.24) is 0 Å². The number of halogens is 1. The molecule has 0 unspecified atom stereocenters. The number of nitrogens with zero attached hydrogens (tertiary/aromatic N) is 1. The highest BCUT2D eigenvalue weighted by molar-refractivity contribution is 9.10. The molecule has 0 saturated carbocycles. The number of rotatable bonds is 3. The maximum Gasteiger partial charge on any atom is 0.0512 e. The molecule has 3 heteroatoms. The summed E-state index contributed by atoms with van der Waals surface area (Å²) in [6.45, 7) is 4.63. The van der Waals surface area contributed by atoms with Crippen LogP contribution in [-0.2, 0) is 0 Å². The van der Waals surface area contributed by atoms with Gasteiger partial charge in [0.15, 0.2) is 0 Å². The lowest BCUT2D eigenvalue weighted by molar-refractivity contribution is 0.378. The van der Waals surface area contributed by atoms with Crippen molar-refractivity contribution in [2.75, 3.05) is 23.7 Å². The number of benzene rings is 1. The minimum absolute atomic E-state index is 0.821. The van der Waals surface area contributed by atoms with Gasteiger partial charge in [0, 0.05) is 23.2 Å². The van der Waals surface area contributed by atoms with Gasteiger partial charge in [-0.2, -0.15) is 0 Å². The van der Waals surface area contributed by atoms with Crippen LogP contribution >= 0.6 is 15.9 Å². The first-order chi connectivity index (χ1) is 8.20. The molecule has 1 aliphatic rings. The fraction of sp³-hybridized carbons (Fsp3) is 0.571. The molecule has 1 aromatic carbocycles. The number of piperidine rings is 1. The highest BCUT2D eigenvalue weighted by atomic mass is 79.9. The van der Waals surface area contributed by atoms with E-state index in [1.165, 1.54) is 44.5 Å². The van der Waals surface area contributed by atoms with Crippen molar-refractivity contribution >= 4 is 27.3 Å². The van der Waals surface area contributed by atoms with Gasteiger partial charge in [-0.25, -0.2) is 0 Å². The summed E-state index contributed by atoms with van der Waals surface area (Å²) in [6, 6.07) is 6.10. The summed E-state index contributed by atoms with van der Waals surface area (Å²) in [5, 5.41) is 0. The third kappa shape index (κ3) is 3.15. The van der Waals surface area contributed by atoms with Crippen LogP contribution < -0.4 is 10.6 Å². The molecule has 0 amide bonds. The van der Waals surface area contributed by atoms with E-state index in [2.05, 4.69) is 33.8 Å². The average Bonchev–Trinajstić information content (AvgIpc) is 2.31. The Kier molecular flexibility index (Phi) is 4.32.